The molecule has 2 aromatic rings. The van der Waals surface area contributed by atoms with Crippen molar-refractivity contribution < 1.29 is 12.8 Å². The predicted octanol–water partition coefficient (Wildman–Crippen LogP) is 3.44. The Morgan fingerprint density at radius 3 is 2.74 bits per heavy atom. The summed E-state index contributed by atoms with van der Waals surface area (Å²) in [4.78, 5) is 0.845. The molecule has 1 N–H and O–H groups in total. The van der Waals surface area contributed by atoms with Gasteiger partial charge in [0.1, 0.15) is 5.82 Å². The maximum atomic E-state index is 13.2. The van der Waals surface area contributed by atoms with Crippen LogP contribution in [0.3, 0.4) is 0 Å². The number of thiophene rings is 1. The van der Waals surface area contributed by atoms with Crippen LogP contribution in [0.15, 0.2) is 39.0 Å². The first-order valence-corrected chi connectivity index (χ1v) is 8.53. The van der Waals surface area contributed by atoms with Crippen molar-refractivity contribution in [2.24, 2.45) is 0 Å². The Hall–Kier alpha value is -0.760. The van der Waals surface area contributed by atoms with E-state index in [4.69, 9.17) is 0 Å². The van der Waals surface area contributed by atoms with Crippen LogP contribution in [0.25, 0.3) is 0 Å². The first-order valence-electron chi connectivity index (χ1n) is 5.38. The van der Waals surface area contributed by atoms with E-state index in [1.807, 2.05) is 11.4 Å². The Morgan fingerprint density at radius 1 is 1.37 bits per heavy atom. The molecule has 0 atom stereocenters. The minimum absolute atomic E-state index is 0.0276. The summed E-state index contributed by atoms with van der Waals surface area (Å²) in [6, 6.07) is 5.57. The summed E-state index contributed by atoms with van der Waals surface area (Å²) >= 11 is 4.78. The fourth-order valence-corrected chi connectivity index (χ4v) is 4.33. The van der Waals surface area contributed by atoms with E-state index in [-0.39, 0.29) is 11.4 Å². The highest BCUT2D eigenvalue weighted by molar-refractivity contribution is 9.10. The van der Waals surface area contributed by atoms with E-state index in [1.54, 1.807) is 6.92 Å². The van der Waals surface area contributed by atoms with E-state index >= 15 is 0 Å². The second kappa shape index (κ2) is 5.70. The highest BCUT2D eigenvalue weighted by Gasteiger charge is 2.18. The number of hydrogen-bond donors (Lipinski definition) is 1. The topological polar surface area (TPSA) is 46.2 Å². The maximum absolute atomic E-state index is 13.2. The lowest BCUT2D eigenvalue weighted by molar-refractivity contribution is 0.577. The molecule has 0 aliphatic heterocycles. The molecule has 3 nitrogen and oxygen atoms in total. The molecular formula is C12H11BrFNO2S2. The van der Waals surface area contributed by atoms with E-state index in [9.17, 15) is 12.8 Å². The zero-order valence-corrected chi connectivity index (χ0v) is 13.2. The van der Waals surface area contributed by atoms with E-state index in [0.717, 1.165) is 15.4 Å². The van der Waals surface area contributed by atoms with Gasteiger partial charge in [-0.25, -0.2) is 17.5 Å². The average molecular weight is 364 g/mol. The van der Waals surface area contributed by atoms with Crippen LogP contribution in [0, 0.1) is 12.7 Å². The van der Waals surface area contributed by atoms with Crippen LogP contribution in [-0.2, 0) is 16.6 Å². The normalized spacial score (nSPS) is 11.7. The van der Waals surface area contributed by atoms with Crippen LogP contribution in [0.4, 0.5) is 4.39 Å². The van der Waals surface area contributed by atoms with Gasteiger partial charge in [-0.2, -0.15) is 0 Å². The summed E-state index contributed by atoms with van der Waals surface area (Å²) in [6.07, 6.45) is 0. The zero-order chi connectivity index (χ0) is 14.0. The number of sulfonamides is 1. The average Bonchev–Trinajstić information content (AvgIpc) is 2.75. The summed E-state index contributed by atoms with van der Waals surface area (Å²) < 4.78 is 40.7. The van der Waals surface area contributed by atoms with Gasteiger partial charge in [-0.1, -0.05) is 6.07 Å². The van der Waals surface area contributed by atoms with Crippen molar-refractivity contribution in [1.82, 2.24) is 4.72 Å². The predicted molar refractivity (Wildman–Crippen MR) is 77.2 cm³/mol. The third-order valence-corrected chi connectivity index (χ3v) is 6.02. The van der Waals surface area contributed by atoms with Crippen LogP contribution in [-0.4, -0.2) is 8.42 Å². The summed E-state index contributed by atoms with van der Waals surface area (Å²) in [6.45, 7) is 1.81. The van der Waals surface area contributed by atoms with E-state index in [2.05, 4.69) is 20.7 Å². The lowest BCUT2D eigenvalue weighted by Gasteiger charge is -2.09. The van der Waals surface area contributed by atoms with Gasteiger partial charge in [-0.05, 0) is 52.0 Å². The highest BCUT2D eigenvalue weighted by atomic mass is 79.9. The minimum atomic E-state index is -3.71. The van der Waals surface area contributed by atoms with Gasteiger partial charge in [0, 0.05) is 15.9 Å². The Labute approximate surface area is 123 Å². The molecule has 0 radical (unpaired) electrons. The molecule has 0 fully saturated rings. The molecule has 0 aliphatic carbocycles. The van der Waals surface area contributed by atoms with Gasteiger partial charge in [-0.15, -0.1) is 11.3 Å². The third kappa shape index (κ3) is 3.42. The van der Waals surface area contributed by atoms with Crippen molar-refractivity contribution in [2.45, 2.75) is 18.4 Å². The van der Waals surface area contributed by atoms with Crippen molar-refractivity contribution in [3.05, 3.63) is 50.4 Å². The SMILES string of the molecule is Cc1ccc(F)cc1S(=O)(=O)NCc1sccc1Br. The molecule has 2 rings (SSSR count). The lowest BCUT2D eigenvalue weighted by atomic mass is 10.2. The molecule has 102 valence electrons. The molecule has 1 aromatic heterocycles. The van der Waals surface area contributed by atoms with Gasteiger partial charge in [0.2, 0.25) is 10.0 Å². The molecule has 19 heavy (non-hydrogen) atoms. The molecular weight excluding hydrogens is 353 g/mol. The number of aryl methyl sites for hydroxylation is 1. The molecule has 0 amide bonds. The van der Waals surface area contributed by atoms with Gasteiger partial charge in [-0.3, -0.25) is 0 Å². The van der Waals surface area contributed by atoms with Crippen molar-refractivity contribution in [3.8, 4) is 0 Å². The Morgan fingerprint density at radius 2 is 2.11 bits per heavy atom. The van der Waals surface area contributed by atoms with Crippen molar-refractivity contribution >= 4 is 37.3 Å². The van der Waals surface area contributed by atoms with Gasteiger partial charge in [0.05, 0.1) is 4.90 Å². The third-order valence-electron chi connectivity index (χ3n) is 2.55. The van der Waals surface area contributed by atoms with Crippen molar-refractivity contribution in [1.29, 1.82) is 0 Å². The second-order valence-electron chi connectivity index (χ2n) is 3.93. The fraction of sp³-hybridized carbons (Fsp3) is 0.167. The smallest absolute Gasteiger partial charge is 0.207 e. The van der Waals surface area contributed by atoms with Gasteiger partial charge < -0.3 is 0 Å². The monoisotopic (exact) mass is 363 g/mol. The minimum Gasteiger partial charge on any atom is -0.207 e. The van der Waals surface area contributed by atoms with Gasteiger partial charge in [0.25, 0.3) is 0 Å². The van der Waals surface area contributed by atoms with Crippen LogP contribution >= 0.6 is 27.3 Å². The summed E-state index contributed by atoms with van der Waals surface area (Å²) in [7, 11) is -3.71. The number of nitrogens with one attached hydrogen (secondary N) is 1. The number of halogens is 2. The summed E-state index contributed by atoms with van der Waals surface area (Å²) in [5, 5.41) is 1.86. The highest BCUT2D eigenvalue weighted by Crippen LogP contribution is 2.23. The van der Waals surface area contributed by atoms with Crippen LogP contribution in [0.1, 0.15) is 10.4 Å². The lowest BCUT2D eigenvalue weighted by Crippen LogP contribution is -2.23. The first-order chi connectivity index (χ1) is 8.90. The summed E-state index contributed by atoms with van der Waals surface area (Å²) in [5.74, 6) is -0.566. The zero-order valence-electron chi connectivity index (χ0n) is 9.98. The maximum Gasteiger partial charge on any atom is 0.241 e. The van der Waals surface area contributed by atoms with E-state index in [1.165, 1.54) is 23.5 Å². The molecule has 0 unspecified atom stereocenters. The molecule has 0 aliphatic rings. The fourth-order valence-electron chi connectivity index (χ4n) is 1.55. The van der Waals surface area contributed by atoms with Crippen LogP contribution in [0.2, 0.25) is 0 Å². The van der Waals surface area contributed by atoms with E-state index < -0.39 is 15.8 Å². The first kappa shape index (κ1) is 14.6. The largest absolute Gasteiger partial charge is 0.241 e. The molecule has 1 aromatic carbocycles. The number of hydrogen-bond acceptors (Lipinski definition) is 3. The molecule has 0 spiro atoms. The summed E-state index contributed by atoms with van der Waals surface area (Å²) in [5.41, 5.74) is 0.513. The Kier molecular flexibility index (Phi) is 4.39. The molecule has 1 heterocycles. The number of benzene rings is 1. The van der Waals surface area contributed by atoms with Crippen LogP contribution < -0.4 is 4.72 Å². The van der Waals surface area contributed by atoms with Crippen molar-refractivity contribution in [2.75, 3.05) is 0 Å². The standard InChI is InChI=1S/C12H11BrFNO2S2/c1-8-2-3-9(14)6-12(8)19(16,17)15-7-11-10(13)4-5-18-11/h2-6,15H,7H2,1H3. The Bertz CT molecular complexity index is 698. The molecule has 0 bridgehead atoms. The molecule has 7 heteroatoms. The molecule has 0 saturated heterocycles. The molecule has 0 saturated carbocycles. The van der Waals surface area contributed by atoms with Crippen LogP contribution in [0.5, 0.6) is 0 Å². The van der Waals surface area contributed by atoms with E-state index in [0.29, 0.717) is 5.56 Å². The second-order valence-corrected chi connectivity index (χ2v) is 7.52. The van der Waals surface area contributed by atoms with Gasteiger partial charge >= 0.3 is 0 Å². The quantitative estimate of drug-likeness (QED) is 0.904. The Balaban J connectivity index is 2.23. The van der Waals surface area contributed by atoms with Gasteiger partial charge in [0.15, 0.2) is 0 Å². The number of rotatable bonds is 4. The van der Waals surface area contributed by atoms with Crippen molar-refractivity contribution in [3.63, 3.8) is 0 Å².